The number of aromatic nitrogens is 1. The number of anilines is 1. The smallest absolute Gasteiger partial charge is 0.131 e. The first kappa shape index (κ1) is 15.8. The molecule has 0 fully saturated rings. The van der Waals surface area contributed by atoms with Crippen molar-refractivity contribution in [3.8, 4) is 0 Å². The van der Waals surface area contributed by atoms with E-state index < -0.39 is 0 Å². The highest BCUT2D eigenvalue weighted by Gasteiger charge is 2.17. The Kier molecular flexibility index (Phi) is 4.38. The molecule has 24 heavy (non-hydrogen) atoms. The first-order valence-corrected chi connectivity index (χ1v) is 9.81. The van der Waals surface area contributed by atoms with Gasteiger partial charge >= 0.3 is 0 Å². The molecule has 0 bridgehead atoms. The molecular formula is C20H19ClN2S. The summed E-state index contributed by atoms with van der Waals surface area (Å²) in [7, 11) is 0. The van der Waals surface area contributed by atoms with Crippen LogP contribution in [-0.4, -0.2) is 17.8 Å². The van der Waals surface area contributed by atoms with Gasteiger partial charge in [-0.25, -0.2) is 4.98 Å². The Bertz CT molecular complexity index is 894. The molecule has 0 saturated heterocycles. The van der Waals surface area contributed by atoms with Crippen molar-refractivity contribution in [2.45, 2.75) is 24.3 Å². The number of hydrogen-bond acceptors (Lipinski definition) is 3. The Hall–Kier alpha value is -1.71. The van der Waals surface area contributed by atoms with Crippen LogP contribution in [-0.2, 0) is 13.0 Å². The van der Waals surface area contributed by atoms with Gasteiger partial charge in [0.1, 0.15) is 5.82 Å². The molecular weight excluding hydrogens is 336 g/mol. The normalized spacial score (nSPS) is 14.5. The van der Waals surface area contributed by atoms with Crippen LogP contribution in [0.4, 0.5) is 5.82 Å². The molecule has 4 heteroatoms. The number of para-hydroxylation sites is 1. The molecule has 0 unspecified atom stereocenters. The molecule has 0 saturated carbocycles. The van der Waals surface area contributed by atoms with Crippen LogP contribution in [0.25, 0.3) is 10.9 Å². The minimum Gasteiger partial charge on any atom is -0.352 e. The molecule has 0 N–H and O–H groups in total. The maximum Gasteiger partial charge on any atom is 0.131 e. The molecule has 0 aliphatic carbocycles. The van der Waals surface area contributed by atoms with Crippen LogP contribution in [0.1, 0.15) is 17.5 Å². The number of rotatable bonds is 2. The van der Waals surface area contributed by atoms with E-state index in [0.29, 0.717) is 0 Å². The molecule has 1 aliphatic heterocycles. The predicted octanol–water partition coefficient (Wildman–Crippen LogP) is 5.56. The van der Waals surface area contributed by atoms with Crippen LogP contribution in [0.2, 0.25) is 5.02 Å². The lowest BCUT2D eigenvalue weighted by atomic mass is 10.0. The second kappa shape index (κ2) is 6.66. The fourth-order valence-corrected chi connectivity index (χ4v) is 4.06. The van der Waals surface area contributed by atoms with E-state index in [2.05, 4.69) is 29.4 Å². The highest BCUT2D eigenvalue weighted by atomic mass is 35.5. The zero-order chi connectivity index (χ0) is 16.5. The molecule has 0 radical (unpaired) electrons. The van der Waals surface area contributed by atoms with Crippen molar-refractivity contribution in [3.63, 3.8) is 0 Å². The van der Waals surface area contributed by atoms with Gasteiger partial charge in [0.05, 0.1) is 10.5 Å². The van der Waals surface area contributed by atoms with E-state index in [1.54, 1.807) is 11.8 Å². The van der Waals surface area contributed by atoms with Gasteiger partial charge in [-0.3, -0.25) is 0 Å². The van der Waals surface area contributed by atoms with E-state index in [1.165, 1.54) is 16.0 Å². The number of thioether (sulfide) groups is 1. The fourth-order valence-electron chi connectivity index (χ4n) is 3.34. The highest BCUT2D eigenvalue weighted by molar-refractivity contribution is 7.98. The minimum absolute atomic E-state index is 0.776. The summed E-state index contributed by atoms with van der Waals surface area (Å²) in [5, 5.41) is 1.79. The van der Waals surface area contributed by atoms with E-state index in [9.17, 15) is 0 Å². The third-order valence-electron chi connectivity index (χ3n) is 4.62. The minimum atomic E-state index is 0.776. The van der Waals surface area contributed by atoms with Gasteiger partial charge in [-0.2, -0.15) is 0 Å². The number of halogens is 1. The lowest BCUT2D eigenvalue weighted by Gasteiger charge is -2.23. The molecule has 0 atom stereocenters. The SMILES string of the molecule is CSc1ccc2c(c1)CCCN(c1cc(Cl)c3ccccc3n1)C2. The summed E-state index contributed by atoms with van der Waals surface area (Å²) in [6, 6.07) is 16.9. The molecule has 1 aromatic heterocycles. The number of benzene rings is 2. The standard InChI is InChI=1S/C20H19ClN2S/c1-24-16-9-8-15-13-23(10-4-5-14(15)11-16)20-12-18(21)17-6-2-3-7-19(17)22-20/h2-3,6-9,11-12H,4-5,10,13H2,1H3. The molecule has 1 aliphatic rings. The second-order valence-corrected chi connectivity index (χ2v) is 7.43. The van der Waals surface area contributed by atoms with Crippen molar-refractivity contribution in [1.29, 1.82) is 0 Å². The van der Waals surface area contributed by atoms with Gasteiger partial charge in [0.25, 0.3) is 0 Å². The number of fused-ring (bicyclic) bond motifs is 2. The topological polar surface area (TPSA) is 16.1 Å². The molecule has 2 nitrogen and oxygen atoms in total. The Balaban J connectivity index is 1.71. The predicted molar refractivity (Wildman–Crippen MR) is 104 cm³/mol. The first-order chi connectivity index (χ1) is 11.7. The summed E-state index contributed by atoms with van der Waals surface area (Å²) >= 11 is 8.30. The van der Waals surface area contributed by atoms with Gasteiger partial charge in [-0.1, -0.05) is 35.9 Å². The summed E-state index contributed by atoms with van der Waals surface area (Å²) in [6.45, 7) is 1.90. The fraction of sp³-hybridized carbons (Fsp3) is 0.250. The Morgan fingerprint density at radius 2 is 1.96 bits per heavy atom. The Morgan fingerprint density at radius 3 is 2.83 bits per heavy atom. The van der Waals surface area contributed by atoms with Crippen LogP contribution >= 0.6 is 23.4 Å². The molecule has 0 spiro atoms. The van der Waals surface area contributed by atoms with E-state index >= 15 is 0 Å². The van der Waals surface area contributed by atoms with Crippen molar-refractivity contribution < 1.29 is 0 Å². The zero-order valence-electron chi connectivity index (χ0n) is 13.6. The van der Waals surface area contributed by atoms with Gasteiger partial charge < -0.3 is 4.90 Å². The average molecular weight is 355 g/mol. The van der Waals surface area contributed by atoms with E-state index in [1.807, 2.05) is 30.3 Å². The van der Waals surface area contributed by atoms with Crippen LogP contribution in [0, 0.1) is 0 Å². The largest absolute Gasteiger partial charge is 0.352 e. The monoisotopic (exact) mass is 354 g/mol. The summed E-state index contributed by atoms with van der Waals surface area (Å²) in [5.74, 6) is 0.973. The molecule has 2 heterocycles. The lowest BCUT2D eigenvalue weighted by Crippen LogP contribution is -2.23. The van der Waals surface area contributed by atoms with Crippen molar-refractivity contribution in [2.75, 3.05) is 17.7 Å². The average Bonchev–Trinajstić information content (AvgIpc) is 2.83. The number of aryl methyl sites for hydroxylation is 1. The Morgan fingerprint density at radius 1 is 1.08 bits per heavy atom. The molecule has 122 valence electrons. The first-order valence-electron chi connectivity index (χ1n) is 8.20. The van der Waals surface area contributed by atoms with Crippen LogP contribution < -0.4 is 4.90 Å². The number of pyridine rings is 1. The lowest BCUT2D eigenvalue weighted by molar-refractivity contribution is 0.756. The summed E-state index contributed by atoms with van der Waals surface area (Å²) < 4.78 is 0. The maximum atomic E-state index is 6.49. The summed E-state index contributed by atoms with van der Waals surface area (Å²) in [5.41, 5.74) is 3.83. The quantitative estimate of drug-likeness (QED) is 0.560. The maximum absolute atomic E-state index is 6.49. The second-order valence-electron chi connectivity index (χ2n) is 6.14. The summed E-state index contributed by atoms with van der Waals surface area (Å²) in [4.78, 5) is 8.54. The van der Waals surface area contributed by atoms with E-state index in [0.717, 1.165) is 47.7 Å². The van der Waals surface area contributed by atoms with Crippen molar-refractivity contribution in [1.82, 2.24) is 4.98 Å². The van der Waals surface area contributed by atoms with Crippen LogP contribution in [0.5, 0.6) is 0 Å². The number of nitrogens with zero attached hydrogens (tertiary/aromatic N) is 2. The van der Waals surface area contributed by atoms with Crippen molar-refractivity contribution in [2.24, 2.45) is 0 Å². The van der Waals surface area contributed by atoms with Crippen molar-refractivity contribution >= 4 is 40.1 Å². The Labute approximate surface area is 151 Å². The molecule has 4 rings (SSSR count). The van der Waals surface area contributed by atoms with E-state index in [4.69, 9.17) is 16.6 Å². The zero-order valence-corrected chi connectivity index (χ0v) is 15.2. The molecule has 3 aromatic rings. The van der Waals surface area contributed by atoms with Gasteiger partial charge in [-0.05, 0) is 54.5 Å². The third kappa shape index (κ3) is 2.99. The third-order valence-corrected chi connectivity index (χ3v) is 5.66. The summed E-state index contributed by atoms with van der Waals surface area (Å²) in [6.07, 6.45) is 4.39. The van der Waals surface area contributed by atoms with Crippen LogP contribution in [0.3, 0.4) is 0 Å². The van der Waals surface area contributed by atoms with E-state index in [-0.39, 0.29) is 0 Å². The van der Waals surface area contributed by atoms with Crippen LogP contribution in [0.15, 0.2) is 53.4 Å². The van der Waals surface area contributed by atoms with Gasteiger partial charge in [0, 0.05) is 23.4 Å². The van der Waals surface area contributed by atoms with Gasteiger partial charge in [0.2, 0.25) is 0 Å². The number of hydrogen-bond donors (Lipinski definition) is 0. The highest BCUT2D eigenvalue weighted by Crippen LogP contribution is 2.30. The molecule has 0 amide bonds. The van der Waals surface area contributed by atoms with Gasteiger partial charge in [0.15, 0.2) is 0 Å². The molecule has 2 aromatic carbocycles. The van der Waals surface area contributed by atoms with Gasteiger partial charge in [-0.15, -0.1) is 11.8 Å². The van der Waals surface area contributed by atoms with Crippen molar-refractivity contribution in [3.05, 3.63) is 64.7 Å².